The second kappa shape index (κ2) is 1.97. The summed E-state index contributed by atoms with van der Waals surface area (Å²) in [6, 6.07) is 0. The molecule has 2 fully saturated rings. The molecule has 1 aliphatic heterocycles. The van der Waals surface area contributed by atoms with Crippen molar-refractivity contribution in [3.8, 4) is 0 Å². The summed E-state index contributed by atoms with van der Waals surface area (Å²) in [5.41, 5.74) is 0.750. The third-order valence-electron chi connectivity index (χ3n) is 3.59. The van der Waals surface area contributed by atoms with E-state index in [2.05, 4.69) is 19.2 Å². The number of hydrogen-bond donors (Lipinski definition) is 1. The highest BCUT2D eigenvalue weighted by atomic mass is 15.0. The first-order valence-corrected chi connectivity index (χ1v) is 4.49. The molecule has 0 radical (unpaired) electrons. The van der Waals surface area contributed by atoms with Gasteiger partial charge < -0.3 is 5.32 Å². The van der Waals surface area contributed by atoms with E-state index in [4.69, 9.17) is 0 Å². The zero-order chi connectivity index (χ0) is 7.19. The van der Waals surface area contributed by atoms with E-state index in [1.807, 2.05) is 0 Å². The summed E-state index contributed by atoms with van der Waals surface area (Å²) in [6.07, 6.45) is 2.81. The van der Waals surface area contributed by atoms with Crippen LogP contribution in [0.1, 0.15) is 26.7 Å². The first-order valence-electron chi connectivity index (χ1n) is 4.49. The van der Waals surface area contributed by atoms with Crippen molar-refractivity contribution in [2.75, 3.05) is 13.1 Å². The van der Waals surface area contributed by atoms with Crippen LogP contribution in [-0.4, -0.2) is 13.1 Å². The van der Waals surface area contributed by atoms with Gasteiger partial charge in [-0.1, -0.05) is 20.3 Å². The Labute approximate surface area is 63.2 Å². The SMILES string of the molecule is CCCC1(C)C2CNCC21. The van der Waals surface area contributed by atoms with Crippen molar-refractivity contribution in [1.82, 2.24) is 5.32 Å². The molecule has 1 aliphatic carbocycles. The lowest BCUT2D eigenvalue weighted by Gasteiger charge is -2.13. The van der Waals surface area contributed by atoms with E-state index in [0.717, 1.165) is 17.3 Å². The molecule has 0 aromatic rings. The second-order valence-electron chi connectivity index (χ2n) is 4.13. The predicted octanol–water partition coefficient (Wildman–Crippen LogP) is 1.64. The van der Waals surface area contributed by atoms with E-state index in [1.54, 1.807) is 0 Å². The molecule has 0 aromatic carbocycles. The molecule has 2 unspecified atom stereocenters. The van der Waals surface area contributed by atoms with Crippen LogP contribution >= 0.6 is 0 Å². The third kappa shape index (κ3) is 0.672. The molecule has 2 aliphatic rings. The fraction of sp³-hybridized carbons (Fsp3) is 1.00. The minimum absolute atomic E-state index is 0.750. The van der Waals surface area contributed by atoms with E-state index in [9.17, 15) is 0 Å². The Hall–Kier alpha value is -0.0400. The van der Waals surface area contributed by atoms with Crippen molar-refractivity contribution in [1.29, 1.82) is 0 Å². The first-order chi connectivity index (χ1) is 4.79. The maximum atomic E-state index is 3.44. The molecular weight excluding hydrogens is 122 g/mol. The Morgan fingerprint density at radius 2 is 2.00 bits per heavy atom. The average Bonchev–Trinajstić information content (AvgIpc) is 2.30. The minimum Gasteiger partial charge on any atom is -0.316 e. The highest BCUT2D eigenvalue weighted by Gasteiger charge is 2.61. The molecular formula is C9H17N. The molecule has 2 rings (SSSR count). The second-order valence-corrected chi connectivity index (χ2v) is 4.13. The Bertz CT molecular complexity index is 132. The summed E-state index contributed by atoms with van der Waals surface area (Å²) >= 11 is 0. The van der Waals surface area contributed by atoms with Gasteiger partial charge in [-0.15, -0.1) is 0 Å². The Morgan fingerprint density at radius 3 is 2.50 bits per heavy atom. The van der Waals surface area contributed by atoms with Gasteiger partial charge in [0.15, 0.2) is 0 Å². The van der Waals surface area contributed by atoms with Crippen molar-refractivity contribution in [3.63, 3.8) is 0 Å². The lowest BCUT2D eigenvalue weighted by atomic mass is 9.97. The number of nitrogens with one attached hydrogen (secondary N) is 1. The van der Waals surface area contributed by atoms with Crippen molar-refractivity contribution in [2.45, 2.75) is 26.7 Å². The fourth-order valence-corrected chi connectivity index (χ4v) is 2.82. The van der Waals surface area contributed by atoms with Crippen LogP contribution in [0.2, 0.25) is 0 Å². The maximum absolute atomic E-state index is 3.44. The van der Waals surface area contributed by atoms with E-state index >= 15 is 0 Å². The van der Waals surface area contributed by atoms with Crippen LogP contribution in [-0.2, 0) is 0 Å². The summed E-state index contributed by atoms with van der Waals surface area (Å²) in [5, 5.41) is 3.44. The molecule has 0 aromatic heterocycles. The minimum atomic E-state index is 0.750. The normalized spacial score (nSPS) is 51.0. The van der Waals surface area contributed by atoms with Crippen LogP contribution in [0.4, 0.5) is 0 Å². The zero-order valence-electron chi connectivity index (χ0n) is 6.98. The topological polar surface area (TPSA) is 12.0 Å². The molecule has 1 N–H and O–H groups in total. The van der Waals surface area contributed by atoms with Gasteiger partial charge in [-0.2, -0.15) is 0 Å². The highest BCUT2D eigenvalue weighted by Crippen LogP contribution is 2.62. The Morgan fingerprint density at radius 1 is 1.40 bits per heavy atom. The van der Waals surface area contributed by atoms with Gasteiger partial charge in [0, 0.05) is 0 Å². The highest BCUT2D eigenvalue weighted by molar-refractivity contribution is 5.12. The number of piperidine rings is 1. The van der Waals surface area contributed by atoms with Gasteiger partial charge in [0.2, 0.25) is 0 Å². The standard InChI is InChI=1S/C9H17N/c1-3-4-9(2)7-5-10-6-8(7)9/h7-8,10H,3-6H2,1-2H3. The van der Waals surface area contributed by atoms with Crippen molar-refractivity contribution < 1.29 is 0 Å². The van der Waals surface area contributed by atoms with Crippen LogP contribution in [0.15, 0.2) is 0 Å². The molecule has 0 bridgehead atoms. The summed E-state index contributed by atoms with van der Waals surface area (Å²) < 4.78 is 0. The molecule has 1 saturated heterocycles. The van der Waals surface area contributed by atoms with E-state index in [0.29, 0.717) is 0 Å². The molecule has 1 heterocycles. The summed E-state index contributed by atoms with van der Waals surface area (Å²) in [7, 11) is 0. The number of fused-ring (bicyclic) bond motifs is 1. The van der Waals surface area contributed by atoms with Crippen molar-refractivity contribution in [3.05, 3.63) is 0 Å². The lowest BCUT2D eigenvalue weighted by molar-refractivity contribution is 0.395. The molecule has 1 saturated carbocycles. The van der Waals surface area contributed by atoms with Crippen LogP contribution < -0.4 is 5.32 Å². The number of rotatable bonds is 2. The molecule has 1 heteroatoms. The average molecular weight is 139 g/mol. The number of hydrogen-bond acceptors (Lipinski definition) is 1. The predicted molar refractivity (Wildman–Crippen MR) is 42.9 cm³/mol. The Kier molecular flexibility index (Phi) is 1.31. The molecule has 0 amide bonds. The van der Waals surface area contributed by atoms with Crippen LogP contribution in [0.5, 0.6) is 0 Å². The van der Waals surface area contributed by atoms with Crippen LogP contribution in [0, 0.1) is 17.3 Å². The molecule has 0 spiro atoms. The smallest absolute Gasteiger partial charge is 0.00117 e. The van der Waals surface area contributed by atoms with Gasteiger partial charge in [-0.3, -0.25) is 0 Å². The molecule has 10 heavy (non-hydrogen) atoms. The quantitative estimate of drug-likeness (QED) is 0.613. The van der Waals surface area contributed by atoms with Gasteiger partial charge in [0.1, 0.15) is 0 Å². The van der Waals surface area contributed by atoms with Crippen molar-refractivity contribution in [2.24, 2.45) is 17.3 Å². The lowest BCUT2D eigenvalue weighted by Crippen LogP contribution is -2.19. The van der Waals surface area contributed by atoms with Gasteiger partial charge in [-0.25, -0.2) is 0 Å². The summed E-state index contributed by atoms with van der Waals surface area (Å²) in [6.45, 7) is 7.35. The maximum Gasteiger partial charge on any atom is -0.00117 e. The largest absolute Gasteiger partial charge is 0.316 e. The third-order valence-corrected chi connectivity index (χ3v) is 3.59. The van der Waals surface area contributed by atoms with Gasteiger partial charge in [0.25, 0.3) is 0 Å². The zero-order valence-corrected chi connectivity index (χ0v) is 6.98. The summed E-state index contributed by atoms with van der Waals surface area (Å²) in [5.74, 6) is 2.07. The Balaban J connectivity index is 1.96. The van der Waals surface area contributed by atoms with E-state index < -0.39 is 0 Å². The van der Waals surface area contributed by atoms with Gasteiger partial charge in [-0.05, 0) is 36.8 Å². The van der Waals surface area contributed by atoms with Gasteiger partial charge in [0.05, 0.1) is 0 Å². The molecule has 2 atom stereocenters. The van der Waals surface area contributed by atoms with Crippen molar-refractivity contribution >= 4 is 0 Å². The summed E-state index contributed by atoms with van der Waals surface area (Å²) in [4.78, 5) is 0. The van der Waals surface area contributed by atoms with E-state index in [1.165, 1.54) is 25.9 Å². The molecule has 58 valence electrons. The van der Waals surface area contributed by atoms with Crippen LogP contribution in [0.25, 0.3) is 0 Å². The van der Waals surface area contributed by atoms with E-state index in [-0.39, 0.29) is 0 Å². The first kappa shape index (κ1) is 6.66. The monoisotopic (exact) mass is 139 g/mol. The fourth-order valence-electron chi connectivity index (χ4n) is 2.82. The van der Waals surface area contributed by atoms with Crippen LogP contribution in [0.3, 0.4) is 0 Å². The molecule has 1 nitrogen and oxygen atoms in total. The van der Waals surface area contributed by atoms with Gasteiger partial charge >= 0.3 is 0 Å².